The van der Waals surface area contributed by atoms with Gasteiger partial charge in [0.25, 0.3) is 0 Å². The van der Waals surface area contributed by atoms with Crippen LogP contribution in [0.4, 0.5) is 8.78 Å². The Balaban J connectivity index is 1.91. The summed E-state index contributed by atoms with van der Waals surface area (Å²) in [4.78, 5) is 13.4. The SMILES string of the molecule is COc1ccc([C@@]23CC=C(OC(=O)C(F)F)C[C@@H]2N(C)CC3)cc1C. The number of benzene rings is 1. The van der Waals surface area contributed by atoms with Gasteiger partial charge in [-0.3, -0.25) is 0 Å². The minimum absolute atomic E-state index is 0.0908. The first-order valence-corrected chi connectivity index (χ1v) is 8.41. The van der Waals surface area contributed by atoms with Crippen LogP contribution < -0.4 is 4.74 Å². The van der Waals surface area contributed by atoms with E-state index in [1.165, 1.54) is 5.56 Å². The molecule has 0 amide bonds. The predicted octanol–water partition coefficient (Wildman–Crippen LogP) is 3.43. The molecular formula is C19H23F2NO3. The van der Waals surface area contributed by atoms with Crippen LogP contribution in [0.25, 0.3) is 0 Å². The number of likely N-dealkylation sites (tertiary alicyclic amines) is 1. The number of carbonyl (C=O) groups excluding carboxylic acids is 1. The van der Waals surface area contributed by atoms with Crippen molar-refractivity contribution in [1.29, 1.82) is 0 Å². The highest BCUT2D eigenvalue weighted by Crippen LogP contribution is 2.48. The number of hydrogen-bond donors (Lipinski definition) is 0. The number of likely N-dealkylation sites (N-methyl/N-ethyl adjacent to an activating group) is 1. The van der Waals surface area contributed by atoms with Crippen LogP contribution >= 0.6 is 0 Å². The monoisotopic (exact) mass is 351 g/mol. The number of aryl methyl sites for hydroxylation is 1. The third kappa shape index (κ3) is 3.15. The Morgan fingerprint density at radius 2 is 2.16 bits per heavy atom. The molecule has 136 valence electrons. The topological polar surface area (TPSA) is 38.8 Å². The molecule has 2 atom stereocenters. The predicted molar refractivity (Wildman–Crippen MR) is 89.9 cm³/mol. The molecule has 1 saturated heterocycles. The minimum atomic E-state index is -3.10. The second-order valence-electron chi connectivity index (χ2n) is 6.89. The molecular weight excluding hydrogens is 328 g/mol. The molecule has 4 nitrogen and oxygen atoms in total. The number of alkyl halides is 2. The molecule has 0 saturated carbocycles. The normalized spacial score (nSPS) is 26.3. The number of allylic oxidation sites excluding steroid dienone is 1. The van der Waals surface area contributed by atoms with Crippen molar-refractivity contribution in [2.45, 2.75) is 44.1 Å². The zero-order chi connectivity index (χ0) is 18.2. The molecule has 0 aromatic heterocycles. The van der Waals surface area contributed by atoms with E-state index in [1.807, 2.05) is 20.0 Å². The van der Waals surface area contributed by atoms with Crippen LogP contribution in [-0.4, -0.2) is 44.0 Å². The van der Waals surface area contributed by atoms with Crippen LogP contribution in [0.3, 0.4) is 0 Å². The van der Waals surface area contributed by atoms with Gasteiger partial charge in [0.15, 0.2) is 0 Å². The maximum absolute atomic E-state index is 12.5. The van der Waals surface area contributed by atoms with Gasteiger partial charge in [-0.05, 0) is 56.6 Å². The highest BCUT2D eigenvalue weighted by Gasteiger charge is 2.49. The van der Waals surface area contributed by atoms with Crippen LogP contribution in [0.5, 0.6) is 5.75 Å². The fourth-order valence-corrected chi connectivity index (χ4v) is 4.18. The number of esters is 1. The summed E-state index contributed by atoms with van der Waals surface area (Å²) in [5.41, 5.74) is 2.20. The number of fused-ring (bicyclic) bond motifs is 1. The molecule has 0 N–H and O–H groups in total. The highest BCUT2D eigenvalue weighted by molar-refractivity contribution is 5.74. The molecule has 1 fully saturated rings. The zero-order valence-corrected chi connectivity index (χ0v) is 14.7. The first-order valence-electron chi connectivity index (χ1n) is 8.41. The number of rotatable bonds is 4. The number of hydrogen-bond acceptors (Lipinski definition) is 4. The van der Waals surface area contributed by atoms with Crippen LogP contribution in [0.2, 0.25) is 0 Å². The lowest BCUT2D eigenvalue weighted by atomic mass is 9.68. The molecule has 1 aromatic carbocycles. The van der Waals surface area contributed by atoms with Crippen molar-refractivity contribution in [2.24, 2.45) is 0 Å². The number of nitrogens with zero attached hydrogens (tertiary/aromatic N) is 1. The van der Waals surface area contributed by atoms with Crippen molar-refractivity contribution in [3.05, 3.63) is 41.2 Å². The van der Waals surface area contributed by atoms with Gasteiger partial charge in [0.05, 0.1) is 7.11 Å². The molecule has 1 heterocycles. The second-order valence-corrected chi connectivity index (χ2v) is 6.89. The van der Waals surface area contributed by atoms with Crippen molar-refractivity contribution in [3.63, 3.8) is 0 Å². The van der Waals surface area contributed by atoms with Gasteiger partial charge in [0.1, 0.15) is 11.5 Å². The van der Waals surface area contributed by atoms with Gasteiger partial charge in [-0.2, -0.15) is 8.78 Å². The van der Waals surface area contributed by atoms with E-state index in [9.17, 15) is 13.6 Å². The van der Waals surface area contributed by atoms with Crippen molar-refractivity contribution < 1.29 is 23.0 Å². The van der Waals surface area contributed by atoms with Gasteiger partial charge >= 0.3 is 12.4 Å². The van der Waals surface area contributed by atoms with Gasteiger partial charge in [-0.1, -0.05) is 12.1 Å². The second kappa shape index (κ2) is 6.75. The highest BCUT2D eigenvalue weighted by atomic mass is 19.3. The van der Waals surface area contributed by atoms with Gasteiger partial charge in [0.2, 0.25) is 0 Å². The van der Waals surface area contributed by atoms with Crippen LogP contribution in [0.1, 0.15) is 30.4 Å². The van der Waals surface area contributed by atoms with E-state index in [-0.39, 0.29) is 11.5 Å². The number of ether oxygens (including phenoxy) is 2. The lowest BCUT2D eigenvalue weighted by Crippen LogP contribution is -2.43. The van der Waals surface area contributed by atoms with Crippen molar-refractivity contribution in [2.75, 3.05) is 20.7 Å². The first kappa shape index (κ1) is 17.9. The standard InChI is InChI=1S/C19H23F2NO3/c1-12-10-13(4-5-15(12)24-3)19-7-6-14(25-18(23)17(20)21)11-16(19)22(2)9-8-19/h4-6,10,16-17H,7-9,11H2,1-3H3/t16-,19-/m0/s1. The average molecular weight is 351 g/mol. The van der Waals surface area contributed by atoms with Gasteiger partial charge < -0.3 is 14.4 Å². The molecule has 0 spiro atoms. The van der Waals surface area contributed by atoms with E-state index in [2.05, 4.69) is 17.0 Å². The van der Waals surface area contributed by atoms with Crippen LogP contribution in [0, 0.1) is 6.92 Å². The summed E-state index contributed by atoms with van der Waals surface area (Å²) in [7, 11) is 3.68. The molecule has 2 aliphatic rings. The Kier molecular flexibility index (Phi) is 4.82. The number of carbonyl (C=O) groups is 1. The molecule has 25 heavy (non-hydrogen) atoms. The quantitative estimate of drug-likeness (QED) is 0.779. The maximum atomic E-state index is 12.5. The zero-order valence-electron chi connectivity index (χ0n) is 14.7. The average Bonchev–Trinajstić information content (AvgIpc) is 2.92. The fourth-order valence-electron chi connectivity index (χ4n) is 4.18. The van der Waals surface area contributed by atoms with E-state index in [4.69, 9.17) is 9.47 Å². The maximum Gasteiger partial charge on any atom is 0.378 e. The van der Waals surface area contributed by atoms with E-state index >= 15 is 0 Å². The third-order valence-corrected chi connectivity index (χ3v) is 5.55. The van der Waals surface area contributed by atoms with Gasteiger partial charge in [-0.25, -0.2) is 4.79 Å². The largest absolute Gasteiger partial charge is 0.496 e. The van der Waals surface area contributed by atoms with E-state index in [0.29, 0.717) is 18.6 Å². The smallest absolute Gasteiger partial charge is 0.378 e. The summed E-state index contributed by atoms with van der Waals surface area (Å²) < 4.78 is 35.1. The number of methoxy groups -OCH3 is 1. The van der Waals surface area contributed by atoms with E-state index in [1.54, 1.807) is 13.2 Å². The molecule has 1 aromatic rings. The molecule has 0 bridgehead atoms. The van der Waals surface area contributed by atoms with Crippen molar-refractivity contribution >= 4 is 5.97 Å². The summed E-state index contributed by atoms with van der Waals surface area (Å²) in [5, 5.41) is 0. The van der Waals surface area contributed by atoms with Gasteiger partial charge in [0, 0.05) is 17.9 Å². The van der Waals surface area contributed by atoms with Crippen molar-refractivity contribution in [3.8, 4) is 5.75 Å². The molecule has 1 aliphatic heterocycles. The summed E-state index contributed by atoms with van der Waals surface area (Å²) in [6, 6.07) is 6.33. The lowest BCUT2D eigenvalue weighted by Gasteiger charge is -2.40. The summed E-state index contributed by atoms with van der Waals surface area (Å²) in [6.07, 6.45) is 0.805. The Labute approximate surface area is 146 Å². The molecule has 1 aliphatic carbocycles. The lowest BCUT2D eigenvalue weighted by molar-refractivity contribution is -0.152. The minimum Gasteiger partial charge on any atom is -0.496 e. The van der Waals surface area contributed by atoms with Crippen LogP contribution in [0.15, 0.2) is 30.0 Å². The molecule has 0 unspecified atom stereocenters. The summed E-state index contributed by atoms with van der Waals surface area (Å²) in [6.45, 7) is 2.93. The molecule has 0 radical (unpaired) electrons. The Morgan fingerprint density at radius 1 is 1.40 bits per heavy atom. The fraction of sp³-hybridized carbons (Fsp3) is 0.526. The first-order chi connectivity index (χ1) is 11.9. The van der Waals surface area contributed by atoms with E-state index < -0.39 is 12.4 Å². The number of halogens is 2. The van der Waals surface area contributed by atoms with Crippen molar-refractivity contribution in [1.82, 2.24) is 4.90 Å². The molecule has 6 heteroatoms. The van der Waals surface area contributed by atoms with E-state index in [0.717, 1.165) is 24.3 Å². The summed E-state index contributed by atoms with van der Waals surface area (Å²) in [5.74, 6) is -0.273. The Hall–Kier alpha value is -1.95. The van der Waals surface area contributed by atoms with Crippen LogP contribution in [-0.2, 0) is 14.9 Å². The molecule has 3 rings (SSSR count). The Bertz CT molecular complexity index is 704. The van der Waals surface area contributed by atoms with Gasteiger partial charge in [-0.15, -0.1) is 0 Å². The Morgan fingerprint density at radius 3 is 2.80 bits per heavy atom. The summed E-state index contributed by atoms with van der Waals surface area (Å²) >= 11 is 0. The third-order valence-electron chi connectivity index (χ3n) is 5.55.